The summed E-state index contributed by atoms with van der Waals surface area (Å²) in [4.78, 5) is 28.2. The third kappa shape index (κ3) is 3.31. The lowest BCUT2D eigenvalue weighted by Crippen LogP contribution is -2.49. The average Bonchev–Trinajstić information content (AvgIpc) is 2.54. The van der Waals surface area contributed by atoms with E-state index < -0.39 is 5.63 Å². The molecule has 3 rings (SSSR count). The van der Waals surface area contributed by atoms with Gasteiger partial charge in [0.2, 0.25) is 0 Å². The molecule has 24 heavy (non-hydrogen) atoms. The number of piperazine rings is 1. The van der Waals surface area contributed by atoms with Gasteiger partial charge in [-0.15, -0.1) is 0 Å². The predicted molar refractivity (Wildman–Crippen MR) is 94.0 cm³/mol. The van der Waals surface area contributed by atoms with E-state index in [4.69, 9.17) is 16.0 Å². The third-order valence-corrected chi connectivity index (χ3v) is 4.52. The molecule has 0 radical (unpaired) electrons. The topological polar surface area (TPSA) is 53.8 Å². The first-order valence-electron chi connectivity index (χ1n) is 7.87. The van der Waals surface area contributed by atoms with Crippen LogP contribution in [0.2, 0.25) is 5.02 Å². The second kappa shape index (κ2) is 6.69. The zero-order valence-corrected chi connectivity index (χ0v) is 14.5. The van der Waals surface area contributed by atoms with Gasteiger partial charge in [-0.05, 0) is 37.6 Å². The molecular weight excluding hydrogens is 328 g/mol. The van der Waals surface area contributed by atoms with Crippen LogP contribution in [0.3, 0.4) is 0 Å². The van der Waals surface area contributed by atoms with Crippen LogP contribution in [0.1, 0.15) is 21.7 Å². The number of aryl methyl sites for hydroxylation is 2. The summed E-state index contributed by atoms with van der Waals surface area (Å²) in [5.74, 6) is 0.293. The van der Waals surface area contributed by atoms with Crippen molar-refractivity contribution >= 4 is 23.2 Å². The van der Waals surface area contributed by atoms with Crippen molar-refractivity contribution in [1.82, 2.24) is 4.90 Å². The molecule has 2 aromatic rings. The Hall–Kier alpha value is -2.27. The molecule has 1 fully saturated rings. The van der Waals surface area contributed by atoms with Crippen LogP contribution in [0.5, 0.6) is 0 Å². The van der Waals surface area contributed by atoms with E-state index in [1.807, 2.05) is 24.3 Å². The lowest BCUT2D eigenvalue weighted by atomic mass is 10.1. The van der Waals surface area contributed by atoms with Crippen LogP contribution in [0.4, 0.5) is 5.69 Å². The van der Waals surface area contributed by atoms with E-state index in [-0.39, 0.29) is 5.91 Å². The quantitative estimate of drug-likeness (QED) is 0.839. The molecule has 0 unspecified atom stereocenters. The van der Waals surface area contributed by atoms with Gasteiger partial charge in [0.25, 0.3) is 5.91 Å². The summed E-state index contributed by atoms with van der Waals surface area (Å²) in [5.41, 5.74) is 1.79. The number of rotatable bonds is 2. The molecule has 6 heteroatoms. The highest BCUT2D eigenvalue weighted by Crippen LogP contribution is 2.22. The van der Waals surface area contributed by atoms with Crippen LogP contribution < -0.4 is 10.5 Å². The maximum Gasteiger partial charge on any atom is 0.336 e. The van der Waals surface area contributed by atoms with Gasteiger partial charge in [0.05, 0.1) is 5.56 Å². The molecule has 0 spiro atoms. The van der Waals surface area contributed by atoms with Crippen molar-refractivity contribution in [2.45, 2.75) is 13.8 Å². The molecule has 1 aliphatic heterocycles. The van der Waals surface area contributed by atoms with Gasteiger partial charge >= 0.3 is 5.63 Å². The molecule has 5 nitrogen and oxygen atoms in total. The number of carbonyl (C=O) groups excluding carboxylic acids is 1. The minimum absolute atomic E-state index is 0.0838. The van der Waals surface area contributed by atoms with Gasteiger partial charge < -0.3 is 14.2 Å². The van der Waals surface area contributed by atoms with Crippen molar-refractivity contribution < 1.29 is 9.21 Å². The molecular formula is C18H19ClN2O3. The van der Waals surface area contributed by atoms with Gasteiger partial charge in [-0.1, -0.05) is 17.7 Å². The molecule has 0 saturated carbocycles. The molecule has 1 aliphatic rings. The number of benzene rings is 1. The first-order chi connectivity index (χ1) is 11.5. The lowest BCUT2D eigenvalue weighted by Gasteiger charge is -2.36. The van der Waals surface area contributed by atoms with Crippen molar-refractivity contribution in [3.63, 3.8) is 0 Å². The van der Waals surface area contributed by atoms with Crippen molar-refractivity contribution in [2.24, 2.45) is 0 Å². The molecule has 0 atom stereocenters. The van der Waals surface area contributed by atoms with Gasteiger partial charge in [0, 0.05) is 43.0 Å². The Morgan fingerprint density at radius 3 is 2.46 bits per heavy atom. The van der Waals surface area contributed by atoms with Crippen molar-refractivity contribution in [2.75, 3.05) is 31.1 Å². The number of anilines is 1. The van der Waals surface area contributed by atoms with Crippen LogP contribution in [-0.2, 0) is 0 Å². The smallest absolute Gasteiger partial charge is 0.336 e. The SMILES string of the molecule is Cc1cc(=O)oc(C)c1C(=O)N1CCN(c2cccc(Cl)c2)CC1. The van der Waals surface area contributed by atoms with E-state index in [0.29, 0.717) is 35.0 Å². The number of hydrogen-bond acceptors (Lipinski definition) is 4. The molecule has 1 amide bonds. The highest BCUT2D eigenvalue weighted by atomic mass is 35.5. The first kappa shape index (κ1) is 16.6. The minimum atomic E-state index is -0.424. The zero-order valence-electron chi connectivity index (χ0n) is 13.7. The van der Waals surface area contributed by atoms with Gasteiger partial charge in [-0.25, -0.2) is 4.79 Å². The van der Waals surface area contributed by atoms with Crippen LogP contribution in [0, 0.1) is 13.8 Å². The fourth-order valence-electron chi connectivity index (χ4n) is 3.08. The van der Waals surface area contributed by atoms with Gasteiger partial charge in [-0.2, -0.15) is 0 Å². The van der Waals surface area contributed by atoms with E-state index in [1.54, 1.807) is 18.7 Å². The standard InChI is InChI=1S/C18H19ClN2O3/c1-12-10-16(22)24-13(2)17(12)18(23)21-8-6-20(7-9-21)15-5-3-4-14(19)11-15/h3-5,10-11H,6-9H2,1-2H3. The number of hydrogen-bond donors (Lipinski definition) is 0. The van der Waals surface area contributed by atoms with E-state index in [9.17, 15) is 9.59 Å². The fourth-order valence-corrected chi connectivity index (χ4v) is 3.26. The van der Waals surface area contributed by atoms with Crippen LogP contribution in [-0.4, -0.2) is 37.0 Å². The van der Waals surface area contributed by atoms with Gasteiger partial charge in [0.1, 0.15) is 5.76 Å². The summed E-state index contributed by atoms with van der Waals surface area (Å²) in [5, 5.41) is 0.705. The summed E-state index contributed by atoms with van der Waals surface area (Å²) in [7, 11) is 0. The fraction of sp³-hybridized carbons (Fsp3) is 0.333. The van der Waals surface area contributed by atoms with Crippen molar-refractivity contribution in [3.8, 4) is 0 Å². The van der Waals surface area contributed by atoms with Gasteiger partial charge in [0.15, 0.2) is 0 Å². The summed E-state index contributed by atoms with van der Waals surface area (Å²) in [6, 6.07) is 9.08. The second-order valence-corrected chi connectivity index (χ2v) is 6.38. The summed E-state index contributed by atoms with van der Waals surface area (Å²) < 4.78 is 5.08. The van der Waals surface area contributed by atoms with Crippen molar-refractivity contribution in [1.29, 1.82) is 0 Å². The Bertz CT molecular complexity index is 797. The molecule has 1 aromatic carbocycles. The summed E-state index contributed by atoms with van der Waals surface area (Å²) >= 11 is 6.04. The predicted octanol–water partition coefficient (Wildman–Crippen LogP) is 2.87. The molecule has 0 bridgehead atoms. The van der Waals surface area contributed by atoms with Crippen molar-refractivity contribution in [3.05, 3.63) is 62.7 Å². The maximum absolute atomic E-state index is 12.8. The van der Waals surface area contributed by atoms with Gasteiger partial charge in [-0.3, -0.25) is 4.79 Å². The molecule has 0 aliphatic carbocycles. The second-order valence-electron chi connectivity index (χ2n) is 5.94. The molecule has 126 valence electrons. The summed E-state index contributed by atoms with van der Waals surface area (Å²) in [6.07, 6.45) is 0. The molecule has 1 aromatic heterocycles. The molecule has 1 saturated heterocycles. The molecule has 2 heterocycles. The zero-order chi connectivity index (χ0) is 17.3. The van der Waals surface area contributed by atoms with Crippen LogP contribution in [0.15, 0.2) is 39.5 Å². The average molecular weight is 347 g/mol. The van der Waals surface area contributed by atoms with E-state index in [2.05, 4.69) is 4.90 Å². The number of halogens is 1. The van der Waals surface area contributed by atoms with E-state index in [0.717, 1.165) is 18.8 Å². The normalized spacial score (nSPS) is 14.8. The van der Waals surface area contributed by atoms with Crippen LogP contribution >= 0.6 is 11.6 Å². The monoisotopic (exact) mass is 346 g/mol. The highest BCUT2D eigenvalue weighted by Gasteiger charge is 2.25. The first-order valence-corrected chi connectivity index (χ1v) is 8.24. The Morgan fingerprint density at radius 2 is 1.83 bits per heavy atom. The Labute approximate surface area is 145 Å². The summed E-state index contributed by atoms with van der Waals surface area (Å²) in [6.45, 7) is 6.12. The largest absolute Gasteiger partial charge is 0.427 e. The maximum atomic E-state index is 12.8. The number of carbonyl (C=O) groups is 1. The molecule has 0 N–H and O–H groups in total. The minimum Gasteiger partial charge on any atom is -0.427 e. The van der Waals surface area contributed by atoms with E-state index in [1.165, 1.54) is 6.07 Å². The number of amides is 1. The Morgan fingerprint density at radius 1 is 1.12 bits per heavy atom. The highest BCUT2D eigenvalue weighted by molar-refractivity contribution is 6.30. The Balaban J connectivity index is 1.73. The number of nitrogens with zero attached hydrogens (tertiary/aromatic N) is 2. The van der Waals surface area contributed by atoms with E-state index >= 15 is 0 Å². The Kier molecular flexibility index (Phi) is 4.62. The third-order valence-electron chi connectivity index (χ3n) is 4.29. The lowest BCUT2D eigenvalue weighted by molar-refractivity contribution is 0.0742. The van der Waals surface area contributed by atoms with Crippen LogP contribution in [0.25, 0.3) is 0 Å².